The van der Waals surface area contributed by atoms with Gasteiger partial charge in [0, 0.05) is 13.7 Å². The molecule has 0 radical (unpaired) electrons. The molecule has 10 nitrogen and oxygen atoms in total. The van der Waals surface area contributed by atoms with Crippen LogP contribution >= 0.6 is 0 Å². The number of nitrogens with one attached hydrogen (secondary N) is 1. The van der Waals surface area contributed by atoms with Crippen molar-refractivity contribution in [3.8, 4) is 11.5 Å². The maximum atomic E-state index is 12.8. The zero-order valence-corrected chi connectivity index (χ0v) is 16.6. The van der Waals surface area contributed by atoms with Gasteiger partial charge in [-0.1, -0.05) is 12.1 Å². The molecule has 2 heterocycles. The van der Waals surface area contributed by atoms with E-state index in [-0.39, 0.29) is 22.9 Å². The van der Waals surface area contributed by atoms with Gasteiger partial charge in [0.25, 0.3) is 5.91 Å². The average Bonchev–Trinajstić information content (AvgIpc) is 3.03. The van der Waals surface area contributed by atoms with Gasteiger partial charge in [-0.2, -0.15) is 9.78 Å². The monoisotopic (exact) mass is 420 g/mol. The first kappa shape index (κ1) is 20.1. The van der Waals surface area contributed by atoms with Crippen LogP contribution < -0.4 is 11.1 Å². The van der Waals surface area contributed by atoms with Crippen molar-refractivity contribution in [1.29, 1.82) is 0 Å². The van der Waals surface area contributed by atoms with E-state index in [1.165, 1.54) is 23.0 Å². The molecule has 0 unspecified atom stereocenters. The Kier molecular flexibility index (Phi) is 5.37. The van der Waals surface area contributed by atoms with Crippen LogP contribution in [0.15, 0.2) is 47.6 Å². The molecule has 31 heavy (non-hydrogen) atoms. The number of para-hydroxylation sites is 2. The van der Waals surface area contributed by atoms with Crippen LogP contribution in [-0.2, 0) is 4.74 Å². The normalized spacial score (nSPS) is 11.5. The summed E-state index contributed by atoms with van der Waals surface area (Å²) in [4.78, 5) is 22.0. The SMILES string of the molecule is COCCNC(=O)c1c(N)n(N=Cc2ccc(O)c(O)c2)c2nc3ccccc3nc12. The van der Waals surface area contributed by atoms with Gasteiger partial charge in [0.1, 0.15) is 16.9 Å². The lowest BCUT2D eigenvalue weighted by Crippen LogP contribution is -2.27. The molecule has 2 aromatic heterocycles. The molecular formula is C21H20N6O4. The van der Waals surface area contributed by atoms with Gasteiger partial charge < -0.3 is 26.0 Å². The molecule has 158 valence electrons. The number of phenolic OH excluding ortho intramolecular Hbond substituents is 2. The van der Waals surface area contributed by atoms with E-state index in [9.17, 15) is 15.0 Å². The summed E-state index contributed by atoms with van der Waals surface area (Å²) in [6.07, 6.45) is 1.43. The highest BCUT2D eigenvalue weighted by atomic mass is 16.5. The molecule has 0 aliphatic heterocycles. The second-order valence-corrected chi connectivity index (χ2v) is 6.70. The largest absolute Gasteiger partial charge is 0.504 e. The summed E-state index contributed by atoms with van der Waals surface area (Å²) in [5.41, 5.74) is 8.83. The number of methoxy groups -OCH3 is 1. The van der Waals surface area contributed by atoms with Crippen LogP contribution in [0.2, 0.25) is 0 Å². The Morgan fingerprint density at radius 1 is 1.19 bits per heavy atom. The highest BCUT2D eigenvalue weighted by molar-refractivity contribution is 6.10. The second kappa shape index (κ2) is 8.28. The van der Waals surface area contributed by atoms with E-state index in [4.69, 9.17) is 10.5 Å². The van der Waals surface area contributed by atoms with Crippen LogP contribution in [0, 0.1) is 0 Å². The van der Waals surface area contributed by atoms with Gasteiger partial charge >= 0.3 is 0 Å². The van der Waals surface area contributed by atoms with Gasteiger partial charge in [-0.05, 0) is 35.9 Å². The maximum Gasteiger partial charge on any atom is 0.257 e. The number of fused-ring (bicyclic) bond motifs is 2. The minimum Gasteiger partial charge on any atom is -0.504 e. The van der Waals surface area contributed by atoms with Crippen LogP contribution in [-0.4, -0.2) is 57.2 Å². The van der Waals surface area contributed by atoms with Crippen molar-refractivity contribution in [2.24, 2.45) is 5.10 Å². The summed E-state index contributed by atoms with van der Waals surface area (Å²) < 4.78 is 6.30. The van der Waals surface area contributed by atoms with Crippen molar-refractivity contribution in [3.05, 3.63) is 53.6 Å². The van der Waals surface area contributed by atoms with E-state index in [2.05, 4.69) is 20.4 Å². The van der Waals surface area contributed by atoms with Gasteiger partial charge in [0.2, 0.25) is 0 Å². The Balaban J connectivity index is 1.86. The van der Waals surface area contributed by atoms with Crippen molar-refractivity contribution >= 4 is 40.1 Å². The molecule has 5 N–H and O–H groups in total. The van der Waals surface area contributed by atoms with Crippen LogP contribution in [0.3, 0.4) is 0 Å². The van der Waals surface area contributed by atoms with E-state index < -0.39 is 5.91 Å². The fraction of sp³-hybridized carbons (Fsp3) is 0.143. The highest BCUT2D eigenvalue weighted by Gasteiger charge is 2.23. The summed E-state index contributed by atoms with van der Waals surface area (Å²) in [5.74, 6) is -0.867. The topological polar surface area (TPSA) is 148 Å². The number of carbonyl (C=O) groups is 1. The van der Waals surface area contributed by atoms with E-state index in [1.54, 1.807) is 25.3 Å². The number of nitrogen functional groups attached to an aromatic ring is 1. The fourth-order valence-corrected chi connectivity index (χ4v) is 3.09. The molecular weight excluding hydrogens is 400 g/mol. The number of aromatic nitrogens is 3. The third-order valence-corrected chi connectivity index (χ3v) is 4.61. The van der Waals surface area contributed by atoms with Crippen LogP contribution in [0.25, 0.3) is 22.2 Å². The number of nitrogens with zero attached hydrogens (tertiary/aromatic N) is 4. The van der Waals surface area contributed by atoms with Gasteiger partial charge in [-0.15, -0.1) is 0 Å². The lowest BCUT2D eigenvalue weighted by molar-refractivity contribution is 0.0939. The number of hydrogen-bond donors (Lipinski definition) is 4. The molecule has 0 saturated carbocycles. The Hall–Kier alpha value is -4.18. The molecule has 0 spiro atoms. The molecule has 1 amide bonds. The van der Waals surface area contributed by atoms with E-state index >= 15 is 0 Å². The molecule has 0 saturated heterocycles. The summed E-state index contributed by atoms with van der Waals surface area (Å²) in [6.45, 7) is 0.653. The zero-order valence-electron chi connectivity index (χ0n) is 16.6. The number of anilines is 1. The number of rotatable bonds is 6. The van der Waals surface area contributed by atoms with Gasteiger partial charge in [0.05, 0.1) is 23.9 Å². The summed E-state index contributed by atoms with van der Waals surface area (Å²) in [6, 6.07) is 11.5. The van der Waals surface area contributed by atoms with Crippen LogP contribution in [0.4, 0.5) is 5.82 Å². The van der Waals surface area contributed by atoms with Gasteiger partial charge in [0.15, 0.2) is 17.1 Å². The van der Waals surface area contributed by atoms with Gasteiger partial charge in [-0.3, -0.25) is 4.79 Å². The van der Waals surface area contributed by atoms with Crippen molar-refractivity contribution in [2.75, 3.05) is 26.0 Å². The fourth-order valence-electron chi connectivity index (χ4n) is 3.09. The zero-order chi connectivity index (χ0) is 22.0. The van der Waals surface area contributed by atoms with E-state index in [0.29, 0.717) is 40.9 Å². The Morgan fingerprint density at radius 2 is 1.94 bits per heavy atom. The number of amides is 1. The first-order chi connectivity index (χ1) is 15.0. The Bertz CT molecular complexity index is 1310. The standard InChI is InChI=1S/C21H20N6O4/c1-31-9-8-23-21(30)17-18-20(26-14-5-3-2-4-13(14)25-18)27(19(17)22)24-11-12-6-7-15(28)16(29)10-12/h2-7,10-11,28-29H,8-9,22H2,1H3,(H,23,30). The van der Waals surface area contributed by atoms with E-state index in [0.717, 1.165) is 0 Å². The van der Waals surface area contributed by atoms with Crippen LogP contribution in [0.5, 0.6) is 11.5 Å². The minimum atomic E-state index is -0.416. The van der Waals surface area contributed by atoms with Gasteiger partial charge in [-0.25, -0.2) is 9.97 Å². The second-order valence-electron chi connectivity index (χ2n) is 6.70. The number of phenols is 2. The predicted molar refractivity (Wildman–Crippen MR) is 116 cm³/mol. The Labute approximate surface area is 176 Å². The molecule has 10 heteroatoms. The van der Waals surface area contributed by atoms with Crippen molar-refractivity contribution in [1.82, 2.24) is 20.0 Å². The first-order valence-corrected chi connectivity index (χ1v) is 9.39. The smallest absolute Gasteiger partial charge is 0.257 e. The number of aromatic hydroxyl groups is 2. The van der Waals surface area contributed by atoms with Crippen LogP contribution in [0.1, 0.15) is 15.9 Å². The molecule has 0 fully saturated rings. The molecule has 2 aromatic carbocycles. The number of nitrogens with two attached hydrogens (primary N) is 1. The highest BCUT2D eigenvalue weighted by Crippen LogP contribution is 2.28. The maximum absolute atomic E-state index is 12.8. The average molecular weight is 420 g/mol. The quantitative estimate of drug-likeness (QED) is 0.211. The third kappa shape index (κ3) is 3.83. The summed E-state index contributed by atoms with van der Waals surface area (Å²) in [5, 5.41) is 26.3. The molecule has 4 aromatic rings. The van der Waals surface area contributed by atoms with Crippen molar-refractivity contribution < 1.29 is 19.7 Å². The van der Waals surface area contributed by atoms with E-state index in [1.807, 2.05) is 12.1 Å². The molecule has 0 aliphatic carbocycles. The number of carbonyl (C=O) groups excluding carboxylic acids is 1. The third-order valence-electron chi connectivity index (χ3n) is 4.61. The molecule has 0 atom stereocenters. The summed E-state index contributed by atoms with van der Waals surface area (Å²) >= 11 is 0. The van der Waals surface area contributed by atoms with Crippen molar-refractivity contribution in [2.45, 2.75) is 0 Å². The number of ether oxygens (including phenoxy) is 1. The Morgan fingerprint density at radius 3 is 2.65 bits per heavy atom. The lowest BCUT2D eigenvalue weighted by atomic mass is 10.2. The molecule has 0 bridgehead atoms. The number of hydrogen-bond acceptors (Lipinski definition) is 8. The predicted octanol–water partition coefficient (Wildman–Crippen LogP) is 1.84. The minimum absolute atomic E-state index is 0.0690. The molecule has 0 aliphatic rings. The molecule has 4 rings (SSSR count). The number of benzene rings is 2. The lowest BCUT2D eigenvalue weighted by Gasteiger charge is -2.04. The summed E-state index contributed by atoms with van der Waals surface area (Å²) in [7, 11) is 1.54. The van der Waals surface area contributed by atoms with Crippen molar-refractivity contribution in [3.63, 3.8) is 0 Å². The first-order valence-electron chi connectivity index (χ1n) is 9.39.